The van der Waals surface area contributed by atoms with E-state index in [-0.39, 0.29) is 0 Å². The lowest BCUT2D eigenvalue weighted by Gasteiger charge is -2.28. The van der Waals surface area contributed by atoms with E-state index in [4.69, 9.17) is 0 Å². The van der Waals surface area contributed by atoms with Crippen LogP contribution in [0.3, 0.4) is 0 Å². The molecule has 2 unspecified atom stereocenters. The Kier molecular flexibility index (Phi) is 3.43. The zero-order valence-electron chi connectivity index (χ0n) is 10.6. The maximum Gasteiger partial charge on any atom is 0.0794 e. The Morgan fingerprint density at radius 2 is 2.28 bits per heavy atom. The molecule has 3 heteroatoms. The fraction of sp³-hybridized carbons (Fsp3) is 0.400. The predicted molar refractivity (Wildman–Crippen MR) is 75.8 cm³/mol. The van der Waals surface area contributed by atoms with Gasteiger partial charge in [0.15, 0.2) is 0 Å². The number of thiazole rings is 1. The minimum Gasteiger partial charge on any atom is -0.303 e. The fourth-order valence-electron chi connectivity index (χ4n) is 2.75. The number of hydrogen-bond donors (Lipinski definition) is 1. The van der Waals surface area contributed by atoms with Crippen LogP contribution < -0.4 is 5.32 Å². The van der Waals surface area contributed by atoms with Gasteiger partial charge in [-0.2, -0.15) is 0 Å². The third-order valence-corrected chi connectivity index (χ3v) is 4.66. The first-order valence-electron chi connectivity index (χ1n) is 6.57. The van der Waals surface area contributed by atoms with Gasteiger partial charge in [0.25, 0.3) is 0 Å². The van der Waals surface area contributed by atoms with Crippen molar-refractivity contribution in [2.75, 3.05) is 0 Å². The van der Waals surface area contributed by atoms with E-state index in [0.29, 0.717) is 12.1 Å². The molecule has 0 saturated carbocycles. The Bertz CT molecular complexity index is 507. The summed E-state index contributed by atoms with van der Waals surface area (Å²) in [4.78, 5) is 5.48. The van der Waals surface area contributed by atoms with E-state index in [2.05, 4.69) is 41.5 Å². The molecule has 2 nitrogen and oxygen atoms in total. The maximum atomic E-state index is 4.16. The first-order chi connectivity index (χ1) is 8.84. The molecular weight excluding hydrogens is 240 g/mol. The van der Waals surface area contributed by atoms with Gasteiger partial charge in [0, 0.05) is 23.2 Å². The number of hydrogen-bond acceptors (Lipinski definition) is 3. The minimum absolute atomic E-state index is 0.383. The van der Waals surface area contributed by atoms with Gasteiger partial charge in [0.1, 0.15) is 0 Å². The molecule has 1 aliphatic carbocycles. The van der Waals surface area contributed by atoms with Crippen molar-refractivity contribution in [3.63, 3.8) is 0 Å². The normalized spacial score (nSPS) is 20.4. The maximum absolute atomic E-state index is 4.16. The molecule has 2 atom stereocenters. The number of benzene rings is 1. The molecule has 0 fully saturated rings. The van der Waals surface area contributed by atoms with Crippen LogP contribution in [-0.2, 0) is 6.42 Å². The van der Waals surface area contributed by atoms with Crippen molar-refractivity contribution >= 4 is 11.3 Å². The lowest BCUT2D eigenvalue weighted by Crippen LogP contribution is -2.27. The smallest absolute Gasteiger partial charge is 0.0794 e. The number of nitrogens with one attached hydrogen (secondary N) is 1. The third-order valence-electron chi connectivity index (χ3n) is 3.70. The van der Waals surface area contributed by atoms with Crippen molar-refractivity contribution in [3.8, 4) is 0 Å². The molecule has 0 radical (unpaired) electrons. The summed E-state index contributed by atoms with van der Waals surface area (Å²) in [6.45, 7) is 2.23. The Morgan fingerprint density at radius 1 is 1.39 bits per heavy atom. The molecule has 0 amide bonds. The number of fused-ring (bicyclic) bond motifs is 1. The van der Waals surface area contributed by atoms with E-state index in [1.54, 1.807) is 11.3 Å². The Labute approximate surface area is 112 Å². The molecular formula is C15H18N2S. The van der Waals surface area contributed by atoms with Gasteiger partial charge >= 0.3 is 0 Å². The van der Waals surface area contributed by atoms with Gasteiger partial charge in [-0.25, -0.2) is 0 Å². The van der Waals surface area contributed by atoms with Crippen molar-refractivity contribution in [3.05, 3.63) is 52.0 Å². The number of nitrogens with zero attached hydrogens (tertiary/aromatic N) is 1. The third kappa shape index (κ3) is 2.33. The first-order valence-corrected chi connectivity index (χ1v) is 7.45. The van der Waals surface area contributed by atoms with Crippen LogP contribution in [0, 0.1) is 0 Å². The Hall–Kier alpha value is -1.19. The highest BCUT2D eigenvalue weighted by Gasteiger charge is 2.21. The number of rotatable bonds is 3. The molecule has 1 heterocycles. The second-order valence-electron chi connectivity index (χ2n) is 4.94. The van der Waals surface area contributed by atoms with Crippen LogP contribution in [0.25, 0.3) is 0 Å². The monoisotopic (exact) mass is 258 g/mol. The van der Waals surface area contributed by atoms with Crippen LogP contribution in [0.5, 0.6) is 0 Å². The van der Waals surface area contributed by atoms with Gasteiger partial charge in [0.05, 0.1) is 5.51 Å². The second kappa shape index (κ2) is 5.21. The highest BCUT2D eigenvalue weighted by Crippen LogP contribution is 2.31. The summed E-state index contributed by atoms with van der Waals surface area (Å²) >= 11 is 1.73. The molecule has 1 aliphatic rings. The van der Waals surface area contributed by atoms with E-state index in [1.807, 2.05) is 11.7 Å². The highest BCUT2D eigenvalue weighted by molar-refractivity contribution is 7.09. The van der Waals surface area contributed by atoms with Crippen LogP contribution in [0.15, 0.2) is 36.0 Å². The quantitative estimate of drug-likeness (QED) is 0.904. The van der Waals surface area contributed by atoms with Crippen LogP contribution in [0.4, 0.5) is 0 Å². The first kappa shape index (κ1) is 11.9. The summed E-state index contributed by atoms with van der Waals surface area (Å²) in [5, 5.41) is 3.75. The Balaban J connectivity index is 1.78. The molecule has 0 bridgehead atoms. The van der Waals surface area contributed by atoms with Gasteiger partial charge in [-0.05, 0) is 37.3 Å². The van der Waals surface area contributed by atoms with E-state index < -0.39 is 0 Å². The molecule has 1 N–H and O–H groups in total. The zero-order chi connectivity index (χ0) is 12.4. The molecule has 0 aliphatic heterocycles. The zero-order valence-corrected chi connectivity index (χ0v) is 11.4. The van der Waals surface area contributed by atoms with Crippen molar-refractivity contribution in [2.24, 2.45) is 0 Å². The lowest BCUT2D eigenvalue weighted by molar-refractivity contribution is 0.418. The summed E-state index contributed by atoms with van der Waals surface area (Å²) in [5.74, 6) is 0. The van der Waals surface area contributed by atoms with Crippen LogP contribution >= 0.6 is 11.3 Å². The van der Waals surface area contributed by atoms with Crippen LogP contribution in [0.1, 0.15) is 47.9 Å². The van der Waals surface area contributed by atoms with Crippen LogP contribution in [-0.4, -0.2) is 4.98 Å². The van der Waals surface area contributed by atoms with E-state index in [9.17, 15) is 0 Å². The van der Waals surface area contributed by atoms with Gasteiger partial charge in [0.2, 0.25) is 0 Å². The van der Waals surface area contributed by atoms with Gasteiger partial charge in [-0.1, -0.05) is 24.3 Å². The second-order valence-corrected chi connectivity index (χ2v) is 5.85. The van der Waals surface area contributed by atoms with Crippen molar-refractivity contribution in [2.45, 2.75) is 38.3 Å². The van der Waals surface area contributed by atoms with Crippen molar-refractivity contribution in [1.29, 1.82) is 0 Å². The van der Waals surface area contributed by atoms with Crippen LogP contribution in [0.2, 0.25) is 0 Å². The van der Waals surface area contributed by atoms with Crippen molar-refractivity contribution < 1.29 is 0 Å². The predicted octanol–water partition coefficient (Wildman–Crippen LogP) is 3.87. The van der Waals surface area contributed by atoms with E-state index >= 15 is 0 Å². The largest absolute Gasteiger partial charge is 0.303 e. The standard InChI is InChI=1S/C15H18N2S/c1-11(15-9-16-10-18-15)17-14-8-4-6-12-5-2-3-7-13(12)14/h2-3,5,7,9-11,14,17H,4,6,8H2,1H3. The molecule has 18 heavy (non-hydrogen) atoms. The van der Waals surface area contributed by atoms with Gasteiger partial charge in [-0.15, -0.1) is 11.3 Å². The summed E-state index contributed by atoms with van der Waals surface area (Å²) < 4.78 is 0. The molecule has 1 aromatic carbocycles. The molecule has 1 aromatic heterocycles. The fourth-order valence-corrected chi connectivity index (χ4v) is 3.39. The van der Waals surface area contributed by atoms with E-state index in [1.165, 1.54) is 35.3 Å². The summed E-state index contributed by atoms with van der Waals surface area (Å²) in [5.41, 5.74) is 4.90. The topological polar surface area (TPSA) is 24.9 Å². The number of aryl methyl sites for hydroxylation is 1. The average Bonchev–Trinajstić information content (AvgIpc) is 2.93. The average molecular weight is 258 g/mol. The van der Waals surface area contributed by atoms with E-state index in [0.717, 1.165) is 0 Å². The molecule has 0 saturated heterocycles. The molecule has 94 valence electrons. The molecule has 3 rings (SSSR count). The van der Waals surface area contributed by atoms with Gasteiger partial charge < -0.3 is 5.32 Å². The van der Waals surface area contributed by atoms with Gasteiger partial charge in [-0.3, -0.25) is 4.98 Å². The van der Waals surface area contributed by atoms with Crippen molar-refractivity contribution in [1.82, 2.24) is 10.3 Å². The molecule has 2 aromatic rings. The molecule has 0 spiro atoms. The summed E-state index contributed by atoms with van der Waals surface area (Å²) in [6.07, 6.45) is 5.71. The SMILES string of the molecule is CC(NC1CCCc2ccccc21)c1cncs1. The highest BCUT2D eigenvalue weighted by atomic mass is 32.1. The minimum atomic E-state index is 0.383. The summed E-state index contributed by atoms with van der Waals surface area (Å²) in [7, 11) is 0. The Morgan fingerprint density at radius 3 is 3.11 bits per heavy atom. The summed E-state index contributed by atoms with van der Waals surface area (Å²) in [6, 6.07) is 9.71. The lowest BCUT2D eigenvalue weighted by atomic mass is 9.87. The number of aromatic nitrogens is 1.